The Labute approximate surface area is 154 Å². The molecule has 1 saturated heterocycles. The first-order valence-corrected chi connectivity index (χ1v) is 10.2. The summed E-state index contributed by atoms with van der Waals surface area (Å²) >= 11 is 0. The number of ether oxygens (including phenoxy) is 1. The highest BCUT2D eigenvalue weighted by Gasteiger charge is 2.27. The van der Waals surface area contributed by atoms with E-state index in [2.05, 4.69) is 4.90 Å². The molecule has 0 atom stereocenters. The van der Waals surface area contributed by atoms with Gasteiger partial charge in [0.2, 0.25) is 10.0 Å². The van der Waals surface area contributed by atoms with Crippen molar-refractivity contribution in [2.45, 2.75) is 6.42 Å². The van der Waals surface area contributed by atoms with Gasteiger partial charge in [0.15, 0.2) is 0 Å². The van der Waals surface area contributed by atoms with Gasteiger partial charge in [-0.3, -0.25) is 0 Å². The average molecular weight is 378 g/mol. The van der Waals surface area contributed by atoms with Crippen LogP contribution in [0.15, 0.2) is 48.5 Å². The minimum absolute atomic E-state index is 0.0729. The molecule has 0 unspecified atom stereocenters. The van der Waals surface area contributed by atoms with Crippen LogP contribution in [0.1, 0.15) is 5.56 Å². The second kappa shape index (κ2) is 8.05. The van der Waals surface area contributed by atoms with Gasteiger partial charge in [-0.25, -0.2) is 12.8 Å². The maximum absolute atomic E-state index is 13.7. The highest BCUT2D eigenvalue weighted by molar-refractivity contribution is 7.89. The van der Waals surface area contributed by atoms with Crippen LogP contribution in [-0.4, -0.2) is 51.8 Å². The van der Waals surface area contributed by atoms with Crippen molar-refractivity contribution in [3.05, 3.63) is 59.9 Å². The number of sulfonamides is 1. The van der Waals surface area contributed by atoms with Gasteiger partial charge in [-0.05, 0) is 42.3 Å². The van der Waals surface area contributed by atoms with Crippen molar-refractivity contribution in [2.24, 2.45) is 0 Å². The summed E-state index contributed by atoms with van der Waals surface area (Å²) < 4.78 is 45.5. The molecule has 140 valence electrons. The number of halogens is 1. The van der Waals surface area contributed by atoms with Gasteiger partial charge < -0.3 is 9.64 Å². The van der Waals surface area contributed by atoms with Gasteiger partial charge in [0, 0.05) is 31.9 Å². The van der Waals surface area contributed by atoms with Gasteiger partial charge >= 0.3 is 0 Å². The molecule has 0 spiro atoms. The number of rotatable bonds is 6. The lowest BCUT2D eigenvalue weighted by Crippen LogP contribution is -2.49. The zero-order chi connectivity index (χ0) is 18.6. The standard InChI is InChI=1S/C19H23FN2O3S/c1-25-18-8-6-17(7-9-18)21-11-13-22(14-12-21)26(23,24)15-10-16-4-2-3-5-19(16)20/h2-9H,10-15H2,1H3. The number of benzene rings is 2. The lowest BCUT2D eigenvalue weighted by atomic mass is 10.2. The molecular formula is C19H23FN2O3S. The molecule has 0 aromatic heterocycles. The zero-order valence-electron chi connectivity index (χ0n) is 14.8. The molecule has 0 bridgehead atoms. The topological polar surface area (TPSA) is 49.9 Å². The van der Waals surface area contributed by atoms with Crippen molar-refractivity contribution in [1.29, 1.82) is 0 Å². The predicted molar refractivity (Wildman–Crippen MR) is 101 cm³/mol. The van der Waals surface area contributed by atoms with Crippen LogP contribution in [-0.2, 0) is 16.4 Å². The van der Waals surface area contributed by atoms with E-state index in [9.17, 15) is 12.8 Å². The van der Waals surface area contributed by atoms with Gasteiger partial charge in [-0.15, -0.1) is 0 Å². The molecule has 1 aliphatic rings. The van der Waals surface area contributed by atoms with Crippen molar-refractivity contribution in [3.63, 3.8) is 0 Å². The number of aryl methyl sites for hydroxylation is 1. The third kappa shape index (κ3) is 4.34. The number of piperazine rings is 1. The second-order valence-corrected chi connectivity index (χ2v) is 8.33. The van der Waals surface area contributed by atoms with E-state index >= 15 is 0 Å². The molecule has 0 amide bonds. The monoisotopic (exact) mass is 378 g/mol. The Kier molecular flexibility index (Phi) is 5.78. The van der Waals surface area contributed by atoms with Crippen LogP contribution in [0, 0.1) is 5.82 Å². The Bertz CT molecular complexity index is 832. The summed E-state index contributed by atoms with van der Waals surface area (Å²) in [5.74, 6) is 0.367. The van der Waals surface area contributed by atoms with Crippen LogP contribution in [0.25, 0.3) is 0 Å². The number of hydrogen-bond donors (Lipinski definition) is 0. The highest BCUT2D eigenvalue weighted by atomic mass is 32.2. The molecule has 1 heterocycles. The van der Waals surface area contributed by atoms with Crippen LogP contribution in [0.4, 0.5) is 10.1 Å². The molecule has 7 heteroatoms. The maximum Gasteiger partial charge on any atom is 0.214 e. The first-order valence-electron chi connectivity index (χ1n) is 8.60. The van der Waals surface area contributed by atoms with Crippen molar-refractivity contribution in [1.82, 2.24) is 4.31 Å². The number of hydrogen-bond acceptors (Lipinski definition) is 4. The minimum atomic E-state index is -3.39. The SMILES string of the molecule is COc1ccc(N2CCN(S(=O)(=O)CCc3ccccc3F)CC2)cc1. The van der Waals surface area contributed by atoms with Gasteiger partial charge in [0.25, 0.3) is 0 Å². The number of methoxy groups -OCH3 is 1. The number of anilines is 1. The van der Waals surface area contributed by atoms with E-state index in [1.54, 1.807) is 25.3 Å². The van der Waals surface area contributed by atoms with Crippen molar-refractivity contribution in [3.8, 4) is 5.75 Å². The van der Waals surface area contributed by atoms with Crippen molar-refractivity contribution >= 4 is 15.7 Å². The van der Waals surface area contributed by atoms with Crippen LogP contribution in [0.3, 0.4) is 0 Å². The van der Waals surface area contributed by atoms with E-state index in [1.165, 1.54) is 10.4 Å². The third-order valence-electron chi connectivity index (χ3n) is 4.66. The molecule has 0 aliphatic carbocycles. The van der Waals surface area contributed by atoms with Crippen LogP contribution < -0.4 is 9.64 Å². The Morgan fingerprint density at radius 1 is 1.00 bits per heavy atom. The molecule has 2 aromatic carbocycles. The van der Waals surface area contributed by atoms with E-state index in [1.807, 2.05) is 24.3 Å². The Balaban J connectivity index is 1.57. The smallest absolute Gasteiger partial charge is 0.214 e. The molecule has 0 N–H and O–H groups in total. The van der Waals surface area contributed by atoms with Gasteiger partial charge in [0.05, 0.1) is 12.9 Å². The lowest BCUT2D eigenvalue weighted by Gasteiger charge is -2.35. The summed E-state index contributed by atoms with van der Waals surface area (Å²) in [5.41, 5.74) is 1.49. The van der Waals surface area contributed by atoms with E-state index in [-0.39, 0.29) is 18.0 Å². The summed E-state index contributed by atoms with van der Waals surface area (Å²) in [7, 11) is -1.77. The molecule has 0 saturated carbocycles. The third-order valence-corrected chi connectivity index (χ3v) is 6.53. The second-order valence-electron chi connectivity index (χ2n) is 6.24. The molecule has 3 rings (SSSR count). The molecule has 5 nitrogen and oxygen atoms in total. The quantitative estimate of drug-likeness (QED) is 0.775. The molecule has 1 aliphatic heterocycles. The van der Waals surface area contributed by atoms with E-state index in [0.29, 0.717) is 31.7 Å². The fraction of sp³-hybridized carbons (Fsp3) is 0.368. The maximum atomic E-state index is 13.7. The molecule has 2 aromatic rings. The van der Waals surface area contributed by atoms with Crippen LogP contribution in [0.2, 0.25) is 0 Å². The molecule has 1 fully saturated rings. The van der Waals surface area contributed by atoms with Crippen molar-refractivity contribution in [2.75, 3.05) is 43.9 Å². The molecular weight excluding hydrogens is 355 g/mol. The summed E-state index contributed by atoms with van der Waals surface area (Å²) in [5, 5.41) is 0. The lowest BCUT2D eigenvalue weighted by molar-refractivity contribution is 0.384. The largest absolute Gasteiger partial charge is 0.497 e. The minimum Gasteiger partial charge on any atom is -0.497 e. The normalized spacial score (nSPS) is 15.8. The first kappa shape index (κ1) is 18.7. The zero-order valence-corrected chi connectivity index (χ0v) is 15.6. The number of nitrogens with zero attached hydrogens (tertiary/aromatic N) is 2. The molecule has 26 heavy (non-hydrogen) atoms. The summed E-state index contributed by atoms with van der Waals surface area (Å²) in [4.78, 5) is 2.16. The fourth-order valence-corrected chi connectivity index (χ4v) is 4.54. The van der Waals surface area contributed by atoms with E-state index in [4.69, 9.17) is 4.74 Å². The van der Waals surface area contributed by atoms with Crippen LogP contribution in [0.5, 0.6) is 5.75 Å². The average Bonchev–Trinajstić information content (AvgIpc) is 2.67. The summed E-state index contributed by atoms with van der Waals surface area (Å²) in [6.07, 6.45) is 0.188. The van der Waals surface area contributed by atoms with Crippen LogP contribution >= 0.6 is 0 Å². The van der Waals surface area contributed by atoms with Gasteiger partial charge in [0.1, 0.15) is 11.6 Å². The Morgan fingerprint density at radius 2 is 1.65 bits per heavy atom. The highest BCUT2D eigenvalue weighted by Crippen LogP contribution is 2.21. The first-order chi connectivity index (χ1) is 12.5. The Hall–Kier alpha value is -2.12. The van der Waals surface area contributed by atoms with Gasteiger partial charge in [-0.2, -0.15) is 4.31 Å². The van der Waals surface area contributed by atoms with Crippen molar-refractivity contribution < 1.29 is 17.5 Å². The van der Waals surface area contributed by atoms with Gasteiger partial charge in [-0.1, -0.05) is 18.2 Å². The van der Waals surface area contributed by atoms with E-state index < -0.39 is 10.0 Å². The summed E-state index contributed by atoms with van der Waals surface area (Å²) in [6, 6.07) is 14.1. The fourth-order valence-electron chi connectivity index (χ4n) is 3.09. The molecule has 0 radical (unpaired) electrons. The predicted octanol–water partition coefficient (Wildman–Crippen LogP) is 2.53. The van der Waals surface area contributed by atoms with E-state index in [0.717, 1.165) is 11.4 Å². The Morgan fingerprint density at radius 3 is 2.27 bits per heavy atom. The summed E-state index contributed by atoms with van der Waals surface area (Å²) in [6.45, 7) is 2.13.